The summed E-state index contributed by atoms with van der Waals surface area (Å²) >= 11 is 0. The fourth-order valence-electron chi connectivity index (χ4n) is 2.16. The molecule has 0 aliphatic heterocycles. The molecule has 0 aliphatic rings. The van der Waals surface area contributed by atoms with Crippen LogP contribution >= 0.6 is 0 Å². The third-order valence-corrected chi connectivity index (χ3v) is 3.14. The summed E-state index contributed by atoms with van der Waals surface area (Å²) in [5.74, 6) is 0.592. The molecule has 0 unspecified atom stereocenters. The topological polar surface area (TPSA) is 21.3 Å². The van der Waals surface area contributed by atoms with Gasteiger partial charge in [-0.2, -0.15) is 0 Å². The van der Waals surface area contributed by atoms with Gasteiger partial charge >= 0.3 is 0 Å². The summed E-state index contributed by atoms with van der Waals surface area (Å²) in [6.07, 6.45) is 0. The molecule has 0 heterocycles. The first-order valence-electron chi connectivity index (χ1n) is 6.23. The molecule has 2 nitrogen and oxygen atoms in total. The van der Waals surface area contributed by atoms with Crippen LogP contribution in [-0.4, -0.2) is 14.2 Å². The van der Waals surface area contributed by atoms with Crippen molar-refractivity contribution in [2.24, 2.45) is 0 Å². The molecule has 1 N–H and O–H groups in total. The fraction of sp³-hybridized carbons (Fsp3) is 0.250. The molecule has 0 aliphatic carbocycles. The van der Waals surface area contributed by atoms with Crippen molar-refractivity contribution in [2.45, 2.75) is 13.5 Å². The minimum atomic E-state index is -0.194. The predicted molar refractivity (Wildman–Crippen MR) is 75.9 cm³/mol. The molecule has 0 saturated heterocycles. The maximum absolute atomic E-state index is 14.2. The average Bonchev–Trinajstić information content (AvgIpc) is 2.40. The molecule has 0 spiro atoms. The summed E-state index contributed by atoms with van der Waals surface area (Å²) in [7, 11) is 3.47. The number of hydrogen-bond donors (Lipinski definition) is 1. The van der Waals surface area contributed by atoms with Gasteiger partial charge in [0.15, 0.2) is 0 Å². The fourth-order valence-corrected chi connectivity index (χ4v) is 2.16. The number of benzene rings is 2. The Balaban J connectivity index is 2.41. The lowest BCUT2D eigenvalue weighted by atomic mass is 9.98. The molecule has 2 aromatic carbocycles. The summed E-state index contributed by atoms with van der Waals surface area (Å²) in [5, 5.41) is 3.01. The van der Waals surface area contributed by atoms with E-state index in [1.165, 1.54) is 0 Å². The minimum absolute atomic E-state index is 0.194. The Morgan fingerprint density at radius 3 is 2.42 bits per heavy atom. The molecule has 2 aromatic rings. The van der Waals surface area contributed by atoms with Crippen molar-refractivity contribution in [3.63, 3.8) is 0 Å². The van der Waals surface area contributed by atoms with Gasteiger partial charge in [0.2, 0.25) is 0 Å². The number of rotatable bonds is 4. The molecule has 0 radical (unpaired) electrons. The molecule has 0 saturated carbocycles. The van der Waals surface area contributed by atoms with Crippen LogP contribution in [0.1, 0.15) is 11.1 Å². The van der Waals surface area contributed by atoms with Crippen LogP contribution in [-0.2, 0) is 6.54 Å². The molecule has 0 bridgehead atoms. The van der Waals surface area contributed by atoms with Gasteiger partial charge in [-0.25, -0.2) is 4.39 Å². The zero-order chi connectivity index (χ0) is 13.8. The Morgan fingerprint density at radius 2 is 1.84 bits per heavy atom. The Labute approximate surface area is 113 Å². The molecule has 0 aromatic heterocycles. The largest absolute Gasteiger partial charge is 0.497 e. The highest BCUT2D eigenvalue weighted by Crippen LogP contribution is 2.29. The van der Waals surface area contributed by atoms with Gasteiger partial charge in [0.25, 0.3) is 0 Å². The van der Waals surface area contributed by atoms with Crippen LogP contribution in [0.2, 0.25) is 0 Å². The van der Waals surface area contributed by atoms with Gasteiger partial charge < -0.3 is 10.1 Å². The van der Waals surface area contributed by atoms with Crippen molar-refractivity contribution in [3.8, 4) is 16.9 Å². The Kier molecular flexibility index (Phi) is 4.17. The maximum atomic E-state index is 14.2. The van der Waals surface area contributed by atoms with E-state index in [1.807, 2.05) is 44.3 Å². The van der Waals surface area contributed by atoms with Crippen LogP contribution in [0, 0.1) is 12.7 Å². The lowest BCUT2D eigenvalue weighted by molar-refractivity contribution is 0.414. The van der Waals surface area contributed by atoms with Gasteiger partial charge in [-0.15, -0.1) is 0 Å². The number of nitrogens with one attached hydrogen (secondary N) is 1. The van der Waals surface area contributed by atoms with E-state index in [1.54, 1.807) is 13.2 Å². The van der Waals surface area contributed by atoms with E-state index >= 15 is 0 Å². The molecular weight excluding hydrogens is 241 g/mol. The van der Waals surface area contributed by atoms with Crippen LogP contribution in [0.3, 0.4) is 0 Å². The first-order valence-corrected chi connectivity index (χ1v) is 6.23. The molecule has 19 heavy (non-hydrogen) atoms. The zero-order valence-corrected chi connectivity index (χ0v) is 11.5. The molecule has 0 atom stereocenters. The maximum Gasteiger partial charge on any atom is 0.131 e. The number of methoxy groups -OCH3 is 1. The smallest absolute Gasteiger partial charge is 0.131 e. The van der Waals surface area contributed by atoms with Crippen LogP contribution in [0.25, 0.3) is 11.1 Å². The van der Waals surface area contributed by atoms with E-state index in [0.717, 1.165) is 22.4 Å². The first-order chi connectivity index (χ1) is 9.15. The normalized spacial score (nSPS) is 10.5. The second-order valence-electron chi connectivity index (χ2n) is 4.53. The zero-order valence-electron chi connectivity index (χ0n) is 11.5. The summed E-state index contributed by atoms with van der Waals surface area (Å²) < 4.78 is 19.3. The highest BCUT2D eigenvalue weighted by molar-refractivity contribution is 5.69. The van der Waals surface area contributed by atoms with Gasteiger partial charge in [0, 0.05) is 12.1 Å². The van der Waals surface area contributed by atoms with E-state index in [0.29, 0.717) is 12.1 Å². The number of hydrogen-bond acceptors (Lipinski definition) is 2. The van der Waals surface area contributed by atoms with Crippen molar-refractivity contribution >= 4 is 0 Å². The minimum Gasteiger partial charge on any atom is -0.497 e. The van der Waals surface area contributed by atoms with Gasteiger partial charge in [-0.3, -0.25) is 0 Å². The van der Waals surface area contributed by atoms with Gasteiger partial charge in [0.1, 0.15) is 11.6 Å². The van der Waals surface area contributed by atoms with Crippen LogP contribution < -0.4 is 10.1 Å². The monoisotopic (exact) mass is 259 g/mol. The summed E-state index contributed by atoms with van der Waals surface area (Å²) in [4.78, 5) is 0. The highest BCUT2D eigenvalue weighted by Gasteiger charge is 2.09. The van der Waals surface area contributed by atoms with Crippen molar-refractivity contribution in [2.75, 3.05) is 14.2 Å². The Morgan fingerprint density at radius 1 is 1.11 bits per heavy atom. The summed E-state index contributed by atoms with van der Waals surface area (Å²) in [6.45, 7) is 2.62. The van der Waals surface area contributed by atoms with Crippen molar-refractivity contribution in [1.82, 2.24) is 5.32 Å². The van der Waals surface area contributed by atoms with Crippen molar-refractivity contribution in [1.29, 1.82) is 0 Å². The average molecular weight is 259 g/mol. The second-order valence-corrected chi connectivity index (χ2v) is 4.53. The predicted octanol–water partition coefficient (Wildman–Crippen LogP) is 3.53. The van der Waals surface area contributed by atoms with Gasteiger partial charge in [0.05, 0.1) is 7.11 Å². The van der Waals surface area contributed by atoms with Crippen LogP contribution in [0.15, 0.2) is 36.4 Å². The molecular formula is C16H18FNO. The third-order valence-electron chi connectivity index (χ3n) is 3.14. The van der Waals surface area contributed by atoms with Crippen molar-refractivity contribution < 1.29 is 9.13 Å². The molecule has 2 rings (SSSR count). The third kappa shape index (κ3) is 2.93. The standard InChI is InChI=1S/C16H18FNO/c1-11-8-13(19-3)5-7-14(11)15-6-4-12(10-18-2)9-16(15)17/h4-9,18H,10H2,1-3H3. The SMILES string of the molecule is CNCc1ccc(-c2ccc(OC)cc2C)c(F)c1. The van der Waals surface area contributed by atoms with E-state index in [-0.39, 0.29) is 5.82 Å². The molecule has 0 fully saturated rings. The second kappa shape index (κ2) is 5.85. The van der Waals surface area contributed by atoms with Crippen molar-refractivity contribution in [3.05, 3.63) is 53.3 Å². The van der Waals surface area contributed by atoms with E-state index in [9.17, 15) is 4.39 Å². The number of halogens is 1. The quantitative estimate of drug-likeness (QED) is 0.907. The first kappa shape index (κ1) is 13.6. The Bertz CT molecular complexity index is 581. The van der Waals surface area contributed by atoms with Crippen LogP contribution in [0.5, 0.6) is 5.75 Å². The molecule has 100 valence electrons. The van der Waals surface area contributed by atoms with E-state index < -0.39 is 0 Å². The molecule has 0 amide bonds. The van der Waals surface area contributed by atoms with Crippen LogP contribution in [0.4, 0.5) is 4.39 Å². The summed E-state index contributed by atoms with van der Waals surface area (Å²) in [6, 6.07) is 11.0. The van der Waals surface area contributed by atoms with E-state index in [2.05, 4.69) is 5.32 Å². The lowest BCUT2D eigenvalue weighted by Crippen LogP contribution is -2.05. The summed E-state index contributed by atoms with van der Waals surface area (Å²) in [5.41, 5.74) is 3.46. The number of aryl methyl sites for hydroxylation is 1. The van der Waals surface area contributed by atoms with Gasteiger partial charge in [-0.05, 0) is 48.9 Å². The molecule has 3 heteroatoms. The van der Waals surface area contributed by atoms with E-state index in [4.69, 9.17) is 4.74 Å². The Hall–Kier alpha value is -1.87. The van der Waals surface area contributed by atoms with Gasteiger partial charge in [-0.1, -0.05) is 18.2 Å². The highest BCUT2D eigenvalue weighted by atomic mass is 19.1. The number of ether oxygens (including phenoxy) is 1. The lowest BCUT2D eigenvalue weighted by Gasteiger charge is -2.10.